The van der Waals surface area contributed by atoms with E-state index in [0.717, 1.165) is 28.7 Å². The van der Waals surface area contributed by atoms with Crippen molar-refractivity contribution >= 4 is 23.4 Å². The number of thioether (sulfide) groups is 1. The first-order valence-corrected chi connectivity index (χ1v) is 7.11. The van der Waals surface area contributed by atoms with Crippen LogP contribution in [0.4, 0.5) is 0 Å². The van der Waals surface area contributed by atoms with Crippen molar-refractivity contribution < 1.29 is 9.47 Å². The summed E-state index contributed by atoms with van der Waals surface area (Å²) in [6, 6.07) is 1.80. The van der Waals surface area contributed by atoms with E-state index in [-0.39, 0.29) is 0 Å². The molecule has 0 aromatic carbocycles. The molecule has 3 nitrogen and oxygen atoms in total. The molecule has 0 saturated carbocycles. The first-order chi connectivity index (χ1) is 8.22. The van der Waals surface area contributed by atoms with Gasteiger partial charge < -0.3 is 9.47 Å². The lowest BCUT2D eigenvalue weighted by molar-refractivity contribution is 0.350. The molecule has 0 bridgehead atoms. The van der Waals surface area contributed by atoms with Crippen LogP contribution >= 0.6 is 23.4 Å². The average molecular weight is 276 g/mol. The smallest absolute Gasteiger partial charge is 0.183 e. The van der Waals surface area contributed by atoms with Gasteiger partial charge in [0.1, 0.15) is 0 Å². The summed E-state index contributed by atoms with van der Waals surface area (Å²) in [5.41, 5.74) is 0.915. The SMILES string of the molecule is COc1ccnc(CSCC(C)CCl)c1OC. The monoisotopic (exact) mass is 275 g/mol. The Balaban J connectivity index is 2.64. The second kappa shape index (κ2) is 7.67. The highest BCUT2D eigenvalue weighted by molar-refractivity contribution is 7.98. The molecule has 17 heavy (non-hydrogen) atoms. The Bertz CT molecular complexity index is 349. The van der Waals surface area contributed by atoms with E-state index in [1.807, 2.05) is 0 Å². The van der Waals surface area contributed by atoms with Crippen LogP contribution < -0.4 is 9.47 Å². The van der Waals surface area contributed by atoms with E-state index in [0.29, 0.717) is 11.8 Å². The lowest BCUT2D eigenvalue weighted by atomic mass is 10.3. The van der Waals surface area contributed by atoms with Crippen LogP contribution in [0.3, 0.4) is 0 Å². The van der Waals surface area contributed by atoms with E-state index in [4.69, 9.17) is 21.1 Å². The Hall–Kier alpha value is -0.610. The maximum atomic E-state index is 5.77. The summed E-state index contributed by atoms with van der Waals surface area (Å²) in [4.78, 5) is 4.32. The van der Waals surface area contributed by atoms with Crippen LogP contribution in [0, 0.1) is 5.92 Å². The zero-order chi connectivity index (χ0) is 12.7. The molecule has 1 atom stereocenters. The van der Waals surface area contributed by atoms with Gasteiger partial charge in [-0.2, -0.15) is 11.8 Å². The third-order valence-electron chi connectivity index (χ3n) is 2.27. The molecule has 1 rings (SSSR count). The predicted molar refractivity (Wildman–Crippen MR) is 73.4 cm³/mol. The van der Waals surface area contributed by atoms with Gasteiger partial charge in [0, 0.05) is 23.9 Å². The van der Waals surface area contributed by atoms with Crippen molar-refractivity contribution in [3.05, 3.63) is 18.0 Å². The molecule has 0 saturated heterocycles. The Morgan fingerprint density at radius 2 is 2.18 bits per heavy atom. The largest absolute Gasteiger partial charge is 0.493 e. The summed E-state index contributed by atoms with van der Waals surface area (Å²) in [5.74, 6) is 4.48. The van der Waals surface area contributed by atoms with Gasteiger partial charge >= 0.3 is 0 Å². The summed E-state index contributed by atoms with van der Waals surface area (Å²) in [6.45, 7) is 2.14. The van der Waals surface area contributed by atoms with Crippen molar-refractivity contribution in [2.24, 2.45) is 5.92 Å². The summed E-state index contributed by atoms with van der Waals surface area (Å²) in [6.07, 6.45) is 1.74. The van der Waals surface area contributed by atoms with Crippen LogP contribution in [0.5, 0.6) is 11.5 Å². The fourth-order valence-electron chi connectivity index (χ4n) is 1.35. The highest BCUT2D eigenvalue weighted by Crippen LogP contribution is 2.31. The summed E-state index contributed by atoms with van der Waals surface area (Å²) in [7, 11) is 3.26. The molecule has 96 valence electrons. The molecule has 5 heteroatoms. The first kappa shape index (κ1) is 14.5. The Morgan fingerprint density at radius 1 is 1.41 bits per heavy atom. The number of alkyl halides is 1. The summed E-state index contributed by atoms with van der Waals surface area (Å²) in [5, 5.41) is 0. The van der Waals surface area contributed by atoms with Crippen molar-refractivity contribution in [1.29, 1.82) is 0 Å². The fraction of sp³-hybridized carbons (Fsp3) is 0.583. The second-order valence-corrected chi connectivity index (χ2v) is 5.11. The summed E-state index contributed by atoms with van der Waals surface area (Å²) < 4.78 is 10.6. The van der Waals surface area contributed by atoms with Gasteiger partial charge in [-0.25, -0.2) is 0 Å². The highest BCUT2D eigenvalue weighted by atomic mass is 35.5. The van der Waals surface area contributed by atoms with E-state index in [1.54, 1.807) is 38.2 Å². The Morgan fingerprint density at radius 3 is 2.76 bits per heavy atom. The topological polar surface area (TPSA) is 31.4 Å². The molecule has 0 radical (unpaired) electrons. The Labute approximate surface area is 112 Å². The van der Waals surface area contributed by atoms with Crippen molar-refractivity contribution in [2.75, 3.05) is 25.9 Å². The third kappa shape index (κ3) is 4.28. The van der Waals surface area contributed by atoms with E-state index in [2.05, 4.69) is 11.9 Å². The Kier molecular flexibility index (Phi) is 6.52. The van der Waals surface area contributed by atoms with Gasteiger partial charge in [0.25, 0.3) is 0 Å². The molecule has 1 aromatic rings. The average Bonchev–Trinajstić information content (AvgIpc) is 2.37. The number of pyridine rings is 1. The normalized spacial score (nSPS) is 12.2. The number of hydrogen-bond acceptors (Lipinski definition) is 4. The number of ether oxygens (including phenoxy) is 2. The van der Waals surface area contributed by atoms with Crippen LogP contribution in [0.25, 0.3) is 0 Å². The molecule has 0 fully saturated rings. The number of aromatic nitrogens is 1. The minimum absolute atomic E-state index is 0.512. The standard InChI is InChI=1S/C12H18ClNO2S/c1-9(6-13)7-17-8-10-12(16-3)11(15-2)4-5-14-10/h4-5,9H,6-8H2,1-3H3. The molecule has 0 aliphatic carbocycles. The zero-order valence-corrected chi connectivity index (χ0v) is 12.0. The van der Waals surface area contributed by atoms with Crippen molar-refractivity contribution in [1.82, 2.24) is 4.98 Å². The van der Waals surface area contributed by atoms with Gasteiger partial charge in [-0.3, -0.25) is 4.98 Å². The number of methoxy groups -OCH3 is 2. The van der Waals surface area contributed by atoms with Gasteiger partial charge in [0.05, 0.1) is 19.9 Å². The van der Waals surface area contributed by atoms with Gasteiger partial charge in [0.15, 0.2) is 11.5 Å². The minimum Gasteiger partial charge on any atom is -0.493 e. The molecule has 1 aromatic heterocycles. The molecule has 1 heterocycles. The predicted octanol–water partition coefficient (Wildman–Crippen LogP) is 3.21. The van der Waals surface area contributed by atoms with Crippen LogP contribution in [0.15, 0.2) is 12.3 Å². The van der Waals surface area contributed by atoms with Gasteiger partial charge in [-0.1, -0.05) is 6.92 Å². The molecular formula is C12H18ClNO2S. The van der Waals surface area contributed by atoms with Crippen LogP contribution in [-0.2, 0) is 5.75 Å². The van der Waals surface area contributed by atoms with Gasteiger partial charge in [0.2, 0.25) is 0 Å². The van der Waals surface area contributed by atoms with E-state index >= 15 is 0 Å². The lowest BCUT2D eigenvalue weighted by Crippen LogP contribution is -2.01. The highest BCUT2D eigenvalue weighted by Gasteiger charge is 2.11. The third-order valence-corrected chi connectivity index (χ3v) is 4.08. The van der Waals surface area contributed by atoms with Crippen molar-refractivity contribution in [3.8, 4) is 11.5 Å². The van der Waals surface area contributed by atoms with E-state index in [1.165, 1.54) is 0 Å². The molecule has 0 amide bonds. The van der Waals surface area contributed by atoms with Crippen LogP contribution in [0.1, 0.15) is 12.6 Å². The molecule has 0 spiro atoms. The van der Waals surface area contributed by atoms with Gasteiger partial charge in [-0.15, -0.1) is 11.6 Å². The minimum atomic E-state index is 0.512. The molecular weight excluding hydrogens is 258 g/mol. The fourth-order valence-corrected chi connectivity index (χ4v) is 2.63. The number of rotatable bonds is 7. The molecule has 0 aliphatic rings. The maximum Gasteiger partial charge on any atom is 0.183 e. The van der Waals surface area contributed by atoms with E-state index < -0.39 is 0 Å². The quantitative estimate of drug-likeness (QED) is 0.715. The van der Waals surface area contributed by atoms with E-state index in [9.17, 15) is 0 Å². The van der Waals surface area contributed by atoms with Crippen molar-refractivity contribution in [3.63, 3.8) is 0 Å². The number of halogens is 1. The zero-order valence-electron chi connectivity index (χ0n) is 10.4. The van der Waals surface area contributed by atoms with Gasteiger partial charge in [-0.05, 0) is 11.7 Å². The number of nitrogens with zero attached hydrogens (tertiary/aromatic N) is 1. The maximum absolute atomic E-state index is 5.77. The number of hydrogen-bond donors (Lipinski definition) is 0. The molecule has 0 aliphatic heterocycles. The molecule has 0 N–H and O–H groups in total. The van der Waals surface area contributed by atoms with Crippen molar-refractivity contribution in [2.45, 2.75) is 12.7 Å². The second-order valence-electron chi connectivity index (χ2n) is 3.77. The summed E-state index contributed by atoms with van der Waals surface area (Å²) >= 11 is 7.57. The molecule has 1 unspecified atom stereocenters. The first-order valence-electron chi connectivity index (χ1n) is 5.42. The lowest BCUT2D eigenvalue weighted by Gasteiger charge is -2.12. The van der Waals surface area contributed by atoms with Crippen LogP contribution in [0.2, 0.25) is 0 Å². The van der Waals surface area contributed by atoms with Crippen LogP contribution in [-0.4, -0.2) is 30.8 Å².